The van der Waals surface area contributed by atoms with Crippen LogP contribution < -0.4 is 0 Å². The highest BCUT2D eigenvalue weighted by atomic mass is 16.5. The van der Waals surface area contributed by atoms with Gasteiger partial charge >= 0.3 is 0 Å². The second-order valence-electron chi connectivity index (χ2n) is 5.15. The predicted molar refractivity (Wildman–Crippen MR) is 59.8 cm³/mol. The van der Waals surface area contributed by atoms with E-state index in [1.54, 1.807) is 0 Å². The Labute approximate surface area is 96.8 Å². The molecule has 2 bridgehead atoms. The van der Waals surface area contributed by atoms with Crippen molar-refractivity contribution in [1.29, 1.82) is 5.26 Å². The lowest BCUT2D eigenvalue weighted by molar-refractivity contribution is -0.136. The van der Waals surface area contributed by atoms with E-state index < -0.39 is 5.60 Å². The molecule has 2 atom stereocenters. The first-order valence-corrected chi connectivity index (χ1v) is 6.04. The lowest BCUT2D eigenvalue weighted by Crippen LogP contribution is -2.60. The van der Waals surface area contributed by atoms with Crippen molar-refractivity contribution >= 4 is 0 Å². The largest absolute Gasteiger partial charge is 0.390 e. The van der Waals surface area contributed by atoms with Gasteiger partial charge in [0.1, 0.15) is 0 Å². The fourth-order valence-corrected chi connectivity index (χ4v) is 2.94. The maximum atomic E-state index is 10.5. The maximum Gasteiger partial charge on any atom is 0.0679 e. The molecule has 2 saturated heterocycles. The molecule has 0 spiro atoms. The highest BCUT2D eigenvalue weighted by Crippen LogP contribution is 2.36. The van der Waals surface area contributed by atoms with Gasteiger partial charge in [0.2, 0.25) is 0 Å². The molecule has 2 heterocycles. The van der Waals surface area contributed by atoms with E-state index in [4.69, 9.17) is 10.00 Å². The van der Waals surface area contributed by atoms with Crippen molar-refractivity contribution in [3.05, 3.63) is 0 Å². The summed E-state index contributed by atoms with van der Waals surface area (Å²) in [6.45, 7) is 1.46. The van der Waals surface area contributed by atoms with E-state index in [2.05, 4.69) is 18.0 Å². The minimum atomic E-state index is -0.567. The quantitative estimate of drug-likeness (QED) is 0.724. The summed E-state index contributed by atoms with van der Waals surface area (Å²) in [5, 5.41) is 19.1. The van der Waals surface area contributed by atoms with E-state index in [9.17, 15) is 5.11 Å². The summed E-state index contributed by atoms with van der Waals surface area (Å²) in [5.41, 5.74) is -0.567. The van der Waals surface area contributed by atoms with Gasteiger partial charge in [-0.3, -0.25) is 4.90 Å². The Bertz CT molecular complexity index is 273. The van der Waals surface area contributed by atoms with Crippen LogP contribution in [0, 0.1) is 11.3 Å². The first-order valence-electron chi connectivity index (χ1n) is 6.04. The zero-order valence-corrected chi connectivity index (χ0v) is 9.85. The highest BCUT2D eigenvalue weighted by Gasteiger charge is 2.43. The number of rotatable bonds is 3. The third-order valence-corrected chi connectivity index (χ3v) is 3.93. The van der Waals surface area contributed by atoms with Crippen molar-refractivity contribution in [3.63, 3.8) is 0 Å². The summed E-state index contributed by atoms with van der Waals surface area (Å²) in [5.74, 6) is 0. The molecule has 16 heavy (non-hydrogen) atoms. The number of hydrogen-bond donors (Lipinski definition) is 1. The van der Waals surface area contributed by atoms with Gasteiger partial charge in [-0.15, -0.1) is 0 Å². The molecule has 0 aliphatic carbocycles. The second-order valence-corrected chi connectivity index (χ2v) is 5.15. The number of piperidine rings is 1. The molecule has 0 radical (unpaired) electrons. The average molecular weight is 224 g/mol. The zero-order valence-electron chi connectivity index (χ0n) is 9.85. The molecular formula is C12H20N2O2. The molecule has 0 aromatic carbocycles. The van der Waals surface area contributed by atoms with Crippen molar-refractivity contribution in [2.24, 2.45) is 0 Å². The average Bonchev–Trinajstić information content (AvgIpc) is 2.21. The Kier molecular flexibility index (Phi) is 3.48. The van der Waals surface area contributed by atoms with Crippen molar-refractivity contribution in [2.45, 2.75) is 49.8 Å². The number of likely N-dealkylation sites (N-methyl/N-ethyl adjacent to an activating group) is 1. The van der Waals surface area contributed by atoms with Crippen LogP contribution >= 0.6 is 0 Å². The fourth-order valence-electron chi connectivity index (χ4n) is 2.94. The number of hydrogen-bond acceptors (Lipinski definition) is 4. The van der Waals surface area contributed by atoms with E-state index in [0.717, 1.165) is 38.9 Å². The van der Waals surface area contributed by atoms with Crippen LogP contribution in [0.3, 0.4) is 0 Å². The third kappa shape index (κ3) is 2.37. The van der Waals surface area contributed by atoms with Crippen LogP contribution in [0.5, 0.6) is 0 Å². The molecule has 2 fully saturated rings. The smallest absolute Gasteiger partial charge is 0.0679 e. The minimum Gasteiger partial charge on any atom is -0.390 e. The van der Waals surface area contributed by atoms with Crippen molar-refractivity contribution < 1.29 is 9.84 Å². The number of aliphatic hydroxyl groups is 1. The zero-order chi connectivity index (χ0) is 11.6. The van der Waals surface area contributed by atoms with E-state index in [-0.39, 0.29) is 0 Å². The van der Waals surface area contributed by atoms with Gasteiger partial charge in [-0.2, -0.15) is 5.26 Å². The van der Waals surface area contributed by atoms with Gasteiger partial charge in [0.05, 0.1) is 24.9 Å². The molecule has 2 rings (SSSR count). The number of nitriles is 1. The third-order valence-electron chi connectivity index (χ3n) is 3.93. The molecule has 0 aromatic heterocycles. The minimum absolute atomic E-state index is 0.347. The molecule has 2 aliphatic rings. The van der Waals surface area contributed by atoms with Crippen molar-refractivity contribution in [1.82, 2.24) is 4.90 Å². The molecule has 1 N–H and O–H groups in total. The van der Waals surface area contributed by atoms with Gasteiger partial charge in [0.25, 0.3) is 0 Å². The van der Waals surface area contributed by atoms with Crippen LogP contribution in [0.2, 0.25) is 0 Å². The summed E-state index contributed by atoms with van der Waals surface area (Å²) in [4.78, 5) is 2.34. The first kappa shape index (κ1) is 11.8. The Balaban J connectivity index is 1.95. The number of fused-ring (bicyclic) bond motifs is 2. The van der Waals surface area contributed by atoms with Crippen molar-refractivity contribution in [3.8, 4) is 6.07 Å². The monoisotopic (exact) mass is 224 g/mol. The van der Waals surface area contributed by atoms with Gasteiger partial charge < -0.3 is 9.84 Å². The molecule has 2 aliphatic heterocycles. The topological polar surface area (TPSA) is 56.5 Å². The first-order chi connectivity index (χ1) is 7.64. The SMILES string of the molecule is CN1C2COCC1CC(O)(CCCC#N)C2. The molecule has 4 nitrogen and oxygen atoms in total. The molecule has 0 aromatic rings. The number of morpholine rings is 1. The van der Waals surface area contributed by atoms with E-state index in [1.807, 2.05) is 0 Å². The molecule has 90 valence electrons. The molecule has 4 heteroatoms. The maximum absolute atomic E-state index is 10.5. The van der Waals surface area contributed by atoms with Gasteiger partial charge in [0.15, 0.2) is 0 Å². The second kappa shape index (κ2) is 4.70. The fraction of sp³-hybridized carbons (Fsp3) is 0.917. The Morgan fingerprint density at radius 1 is 1.44 bits per heavy atom. The highest BCUT2D eigenvalue weighted by molar-refractivity contribution is 4.98. The molecule has 2 unspecified atom stereocenters. The number of nitrogens with zero attached hydrogens (tertiary/aromatic N) is 2. The normalized spacial score (nSPS) is 39.3. The summed E-state index contributed by atoms with van der Waals surface area (Å²) < 4.78 is 5.52. The lowest BCUT2D eigenvalue weighted by atomic mass is 9.78. The van der Waals surface area contributed by atoms with E-state index in [0.29, 0.717) is 18.5 Å². The van der Waals surface area contributed by atoms with Crippen LogP contribution in [0.25, 0.3) is 0 Å². The predicted octanol–water partition coefficient (Wildman–Crippen LogP) is 0.904. The molecule has 0 amide bonds. The standard InChI is InChI=1S/C12H20N2O2/c1-14-10-6-12(15,4-2-3-5-13)7-11(14)9-16-8-10/h10-11,15H,2-4,6-9H2,1H3. The van der Waals surface area contributed by atoms with Crippen LogP contribution in [0.1, 0.15) is 32.1 Å². The van der Waals surface area contributed by atoms with Gasteiger partial charge in [0, 0.05) is 18.5 Å². The summed E-state index contributed by atoms with van der Waals surface area (Å²) in [6, 6.07) is 2.83. The molecule has 0 saturated carbocycles. The Morgan fingerprint density at radius 3 is 2.62 bits per heavy atom. The Morgan fingerprint density at radius 2 is 2.06 bits per heavy atom. The van der Waals surface area contributed by atoms with Gasteiger partial charge in [-0.1, -0.05) is 0 Å². The van der Waals surface area contributed by atoms with Crippen LogP contribution in [0.15, 0.2) is 0 Å². The Hall–Kier alpha value is -0.630. The summed E-state index contributed by atoms with van der Waals surface area (Å²) in [7, 11) is 2.12. The number of unbranched alkanes of at least 4 members (excludes halogenated alkanes) is 1. The molecular weight excluding hydrogens is 204 g/mol. The number of ether oxygens (including phenoxy) is 1. The van der Waals surface area contributed by atoms with Crippen LogP contribution in [0.4, 0.5) is 0 Å². The summed E-state index contributed by atoms with van der Waals surface area (Å²) >= 11 is 0. The van der Waals surface area contributed by atoms with Gasteiger partial charge in [-0.25, -0.2) is 0 Å². The van der Waals surface area contributed by atoms with E-state index in [1.165, 1.54) is 0 Å². The van der Waals surface area contributed by atoms with Crippen LogP contribution in [-0.2, 0) is 4.74 Å². The van der Waals surface area contributed by atoms with Gasteiger partial charge in [-0.05, 0) is 32.7 Å². The van der Waals surface area contributed by atoms with E-state index >= 15 is 0 Å². The lowest BCUT2D eigenvalue weighted by Gasteiger charge is -2.50. The van der Waals surface area contributed by atoms with Crippen molar-refractivity contribution in [2.75, 3.05) is 20.3 Å². The summed E-state index contributed by atoms with van der Waals surface area (Å²) in [6.07, 6.45) is 3.67. The van der Waals surface area contributed by atoms with Crippen LogP contribution in [-0.4, -0.2) is 48.0 Å².